The quantitative estimate of drug-likeness (QED) is 0.820. The fourth-order valence-corrected chi connectivity index (χ4v) is 2.39. The number of carbonyl (C=O) groups is 1. The molecule has 0 aliphatic rings. The first kappa shape index (κ1) is 16.7. The van der Waals surface area contributed by atoms with Gasteiger partial charge in [0.05, 0.1) is 5.02 Å². The van der Waals surface area contributed by atoms with Crippen LogP contribution in [0.3, 0.4) is 0 Å². The van der Waals surface area contributed by atoms with Gasteiger partial charge in [-0.15, -0.1) is 0 Å². The second-order valence-corrected chi connectivity index (χ2v) is 5.92. The maximum Gasteiger partial charge on any atom is 0.262 e. The van der Waals surface area contributed by atoms with Gasteiger partial charge in [-0.3, -0.25) is 4.79 Å². The van der Waals surface area contributed by atoms with E-state index in [1.807, 2.05) is 24.3 Å². The Morgan fingerprint density at radius 1 is 1.14 bits per heavy atom. The van der Waals surface area contributed by atoms with Crippen LogP contribution < -0.4 is 10.1 Å². The Labute approximate surface area is 140 Å². The standard InChI is InChI=1S/C17H17Cl2NO2/c1-11(2)12-6-3-4-8-14(12)20-16(21)10-22-15-9-5-7-13(18)17(15)19/h3-9,11H,10H2,1-2H3,(H,20,21). The molecule has 3 nitrogen and oxygen atoms in total. The number of benzene rings is 2. The van der Waals surface area contributed by atoms with E-state index in [-0.39, 0.29) is 12.5 Å². The summed E-state index contributed by atoms with van der Waals surface area (Å²) in [6.07, 6.45) is 0. The summed E-state index contributed by atoms with van der Waals surface area (Å²) in [5.74, 6) is 0.463. The number of halogens is 2. The van der Waals surface area contributed by atoms with Crippen LogP contribution in [0, 0.1) is 0 Å². The molecule has 2 aromatic rings. The normalized spacial score (nSPS) is 10.6. The van der Waals surface area contributed by atoms with E-state index in [1.54, 1.807) is 18.2 Å². The molecule has 22 heavy (non-hydrogen) atoms. The topological polar surface area (TPSA) is 38.3 Å². The Morgan fingerprint density at radius 3 is 2.59 bits per heavy atom. The molecule has 0 saturated carbocycles. The van der Waals surface area contributed by atoms with Crippen molar-refractivity contribution in [3.63, 3.8) is 0 Å². The molecule has 0 atom stereocenters. The minimum absolute atomic E-state index is 0.132. The summed E-state index contributed by atoms with van der Waals surface area (Å²) in [4.78, 5) is 12.0. The zero-order chi connectivity index (χ0) is 16.1. The molecule has 0 heterocycles. The first-order chi connectivity index (χ1) is 10.5. The summed E-state index contributed by atoms with van der Waals surface area (Å²) < 4.78 is 5.42. The highest BCUT2D eigenvalue weighted by Gasteiger charge is 2.11. The highest BCUT2D eigenvalue weighted by molar-refractivity contribution is 6.42. The van der Waals surface area contributed by atoms with Gasteiger partial charge in [0.2, 0.25) is 0 Å². The van der Waals surface area contributed by atoms with Crippen LogP contribution in [0.2, 0.25) is 10.0 Å². The van der Waals surface area contributed by atoms with Crippen molar-refractivity contribution in [1.82, 2.24) is 0 Å². The van der Waals surface area contributed by atoms with Gasteiger partial charge in [-0.1, -0.05) is 61.3 Å². The smallest absolute Gasteiger partial charge is 0.262 e. The van der Waals surface area contributed by atoms with Gasteiger partial charge < -0.3 is 10.1 Å². The number of hydrogen-bond donors (Lipinski definition) is 1. The summed E-state index contributed by atoms with van der Waals surface area (Å²) in [6, 6.07) is 12.8. The van der Waals surface area contributed by atoms with Gasteiger partial charge in [0.25, 0.3) is 5.91 Å². The number of amides is 1. The minimum atomic E-state index is -0.246. The van der Waals surface area contributed by atoms with E-state index >= 15 is 0 Å². The Kier molecular flexibility index (Phi) is 5.69. The molecule has 0 spiro atoms. The van der Waals surface area contributed by atoms with E-state index in [4.69, 9.17) is 27.9 Å². The van der Waals surface area contributed by atoms with Gasteiger partial charge in [-0.2, -0.15) is 0 Å². The lowest BCUT2D eigenvalue weighted by Crippen LogP contribution is -2.21. The molecule has 0 aliphatic carbocycles. The lowest BCUT2D eigenvalue weighted by atomic mass is 10.0. The zero-order valence-electron chi connectivity index (χ0n) is 12.4. The van der Waals surface area contributed by atoms with Gasteiger partial charge in [0.15, 0.2) is 6.61 Å². The van der Waals surface area contributed by atoms with E-state index in [0.29, 0.717) is 21.7 Å². The van der Waals surface area contributed by atoms with Crippen LogP contribution >= 0.6 is 23.2 Å². The molecule has 0 saturated heterocycles. The summed E-state index contributed by atoms with van der Waals surface area (Å²) in [7, 11) is 0. The predicted molar refractivity (Wildman–Crippen MR) is 91.1 cm³/mol. The fourth-order valence-electron chi connectivity index (χ4n) is 2.04. The van der Waals surface area contributed by atoms with Crippen LogP contribution in [0.5, 0.6) is 5.75 Å². The van der Waals surface area contributed by atoms with Crippen molar-refractivity contribution in [2.24, 2.45) is 0 Å². The van der Waals surface area contributed by atoms with E-state index in [9.17, 15) is 4.79 Å². The van der Waals surface area contributed by atoms with Gasteiger partial charge in [0.1, 0.15) is 10.8 Å². The maximum absolute atomic E-state index is 12.0. The van der Waals surface area contributed by atoms with Crippen molar-refractivity contribution in [2.75, 3.05) is 11.9 Å². The lowest BCUT2D eigenvalue weighted by molar-refractivity contribution is -0.118. The molecule has 2 rings (SSSR count). The monoisotopic (exact) mass is 337 g/mol. The molecule has 1 amide bonds. The Balaban J connectivity index is 2.01. The molecule has 0 aliphatic heterocycles. The molecule has 0 fully saturated rings. The third-order valence-electron chi connectivity index (χ3n) is 3.13. The average molecular weight is 338 g/mol. The molecular formula is C17H17Cl2NO2. The molecular weight excluding hydrogens is 321 g/mol. The summed E-state index contributed by atoms with van der Waals surface area (Å²) >= 11 is 11.9. The number of hydrogen-bond acceptors (Lipinski definition) is 2. The van der Waals surface area contributed by atoms with Crippen LogP contribution in [-0.4, -0.2) is 12.5 Å². The van der Waals surface area contributed by atoms with Crippen molar-refractivity contribution in [2.45, 2.75) is 19.8 Å². The Bertz CT molecular complexity index is 671. The predicted octanol–water partition coefficient (Wildman–Crippen LogP) is 5.13. The lowest BCUT2D eigenvalue weighted by Gasteiger charge is -2.14. The van der Waals surface area contributed by atoms with Gasteiger partial charge in [-0.25, -0.2) is 0 Å². The number of anilines is 1. The Morgan fingerprint density at radius 2 is 1.86 bits per heavy atom. The van der Waals surface area contributed by atoms with Gasteiger partial charge in [-0.05, 0) is 29.7 Å². The first-order valence-corrected chi connectivity index (χ1v) is 7.70. The second-order valence-electron chi connectivity index (χ2n) is 5.13. The molecule has 116 valence electrons. The zero-order valence-corrected chi connectivity index (χ0v) is 13.9. The number of nitrogens with one attached hydrogen (secondary N) is 1. The molecule has 1 N–H and O–H groups in total. The molecule has 0 radical (unpaired) electrons. The molecule has 2 aromatic carbocycles. The third-order valence-corrected chi connectivity index (χ3v) is 3.93. The van der Waals surface area contributed by atoms with E-state index in [0.717, 1.165) is 11.3 Å². The van der Waals surface area contributed by atoms with Crippen molar-refractivity contribution >= 4 is 34.8 Å². The number of carbonyl (C=O) groups excluding carboxylic acids is 1. The van der Waals surface area contributed by atoms with Crippen LogP contribution in [0.15, 0.2) is 42.5 Å². The summed E-state index contributed by atoms with van der Waals surface area (Å²) in [5.41, 5.74) is 1.87. The number of para-hydroxylation sites is 1. The highest BCUT2D eigenvalue weighted by Crippen LogP contribution is 2.31. The van der Waals surface area contributed by atoms with E-state index in [1.165, 1.54) is 0 Å². The Hall–Kier alpha value is -1.71. The first-order valence-electron chi connectivity index (χ1n) is 6.94. The number of ether oxygens (including phenoxy) is 1. The van der Waals surface area contributed by atoms with Crippen LogP contribution in [0.4, 0.5) is 5.69 Å². The molecule has 5 heteroatoms. The molecule has 0 unspecified atom stereocenters. The second kappa shape index (κ2) is 7.52. The largest absolute Gasteiger partial charge is 0.482 e. The van der Waals surface area contributed by atoms with Crippen molar-refractivity contribution in [3.05, 3.63) is 58.1 Å². The summed E-state index contributed by atoms with van der Waals surface area (Å²) in [6.45, 7) is 4.02. The average Bonchev–Trinajstić information content (AvgIpc) is 2.49. The van der Waals surface area contributed by atoms with Gasteiger partial charge >= 0.3 is 0 Å². The molecule has 0 bridgehead atoms. The van der Waals surface area contributed by atoms with Crippen molar-refractivity contribution in [1.29, 1.82) is 0 Å². The van der Waals surface area contributed by atoms with Crippen LogP contribution in [0.25, 0.3) is 0 Å². The molecule has 0 aromatic heterocycles. The SMILES string of the molecule is CC(C)c1ccccc1NC(=O)COc1cccc(Cl)c1Cl. The van der Waals surface area contributed by atoms with Crippen LogP contribution in [0.1, 0.15) is 25.3 Å². The maximum atomic E-state index is 12.0. The van der Waals surface area contributed by atoms with Gasteiger partial charge in [0, 0.05) is 5.69 Å². The highest BCUT2D eigenvalue weighted by atomic mass is 35.5. The van der Waals surface area contributed by atoms with Crippen molar-refractivity contribution < 1.29 is 9.53 Å². The van der Waals surface area contributed by atoms with Crippen molar-refractivity contribution in [3.8, 4) is 5.75 Å². The summed E-state index contributed by atoms with van der Waals surface area (Å²) in [5, 5.41) is 3.55. The van der Waals surface area contributed by atoms with Crippen LogP contribution in [-0.2, 0) is 4.79 Å². The minimum Gasteiger partial charge on any atom is -0.482 e. The fraction of sp³-hybridized carbons (Fsp3) is 0.235. The van der Waals surface area contributed by atoms with E-state index < -0.39 is 0 Å². The third kappa shape index (κ3) is 4.15. The van der Waals surface area contributed by atoms with E-state index in [2.05, 4.69) is 19.2 Å². The number of rotatable bonds is 5.